The van der Waals surface area contributed by atoms with Gasteiger partial charge in [0.05, 0.1) is 6.17 Å². The van der Waals surface area contributed by atoms with E-state index in [0.29, 0.717) is 6.17 Å². The van der Waals surface area contributed by atoms with Gasteiger partial charge in [0.2, 0.25) is 0 Å². The van der Waals surface area contributed by atoms with Gasteiger partial charge in [0.15, 0.2) is 0 Å². The fourth-order valence-corrected chi connectivity index (χ4v) is 5.36. The molecule has 2 rings (SSSR count). The van der Waals surface area contributed by atoms with Gasteiger partial charge in [0, 0.05) is 9.52 Å². The topological polar surface area (TPSA) is 6.48 Å². The standard InChI is InChI=1S/C18H36N2Si/c1-3-14-21-16-17(2)15-18(19-10-6-4-7-11-19)20-12-8-5-9-13-20/h18H,2-16,21H2,1H3. The molecule has 0 aromatic carbocycles. The first-order valence-electron chi connectivity index (χ1n) is 9.46. The van der Waals surface area contributed by atoms with Gasteiger partial charge in [0.25, 0.3) is 0 Å². The summed E-state index contributed by atoms with van der Waals surface area (Å²) in [5.41, 5.74) is 1.55. The van der Waals surface area contributed by atoms with Crippen molar-refractivity contribution in [1.29, 1.82) is 0 Å². The SMILES string of the molecule is C=C(C[SiH2]CCC)CC(N1CCCCC1)N1CCCCC1. The maximum absolute atomic E-state index is 4.44. The molecule has 122 valence electrons. The van der Waals surface area contributed by atoms with E-state index in [2.05, 4.69) is 23.3 Å². The molecule has 0 saturated carbocycles. The zero-order valence-electron chi connectivity index (χ0n) is 14.3. The summed E-state index contributed by atoms with van der Waals surface area (Å²) >= 11 is 0. The van der Waals surface area contributed by atoms with E-state index in [9.17, 15) is 0 Å². The van der Waals surface area contributed by atoms with E-state index in [1.54, 1.807) is 5.57 Å². The second-order valence-electron chi connectivity index (χ2n) is 7.09. The van der Waals surface area contributed by atoms with Gasteiger partial charge in [-0.1, -0.05) is 37.8 Å². The summed E-state index contributed by atoms with van der Waals surface area (Å²) < 4.78 is 0. The lowest BCUT2D eigenvalue weighted by Gasteiger charge is -2.43. The van der Waals surface area contributed by atoms with Gasteiger partial charge in [-0.2, -0.15) is 0 Å². The lowest BCUT2D eigenvalue weighted by Crippen LogP contribution is -2.52. The molecule has 0 unspecified atom stereocenters. The fraction of sp³-hybridized carbons (Fsp3) is 0.889. The minimum absolute atomic E-state index is 0.128. The molecular weight excluding hydrogens is 272 g/mol. The van der Waals surface area contributed by atoms with Crippen LogP contribution in [-0.4, -0.2) is 51.7 Å². The molecule has 0 bridgehead atoms. The molecule has 0 N–H and O–H groups in total. The first-order chi connectivity index (χ1) is 10.3. The minimum Gasteiger partial charge on any atom is -0.288 e. The number of rotatable bonds is 8. The van der Waals surface area contributed by atoms with Crippen LogP contribution >= 0.6 is 0 Å². The third-order valence-corrected chi connectivity index (χ3v) is 7.50. The van der Waals surface area contributed by atoms with Crippen molar-refractivity contribution in [2.24, 2.45) is 0 Å². The van der Waals surface area contributed by atoms with Crippen molar-refractivity contribution in [3.05, 3.63) is 12.2 Å². The lowest BCUT2D eigenvalue weighted by atomic mass is 10.0. The van der Waals surface area contributed by atoms with Crippen molar-refractivity contribution in [3.8, 4) is 0 Å². The van der Waals surface area contributed by atoms with Gasteiger partial charge in [0.1, 0.15) is 0 Å². The van der Waals surface area contributed by atoms with Crippen LogP contribution in [0.5, 0.6) is 0 Å². The molecule has 0 atom stereocenters. The van der Waals surface area contributed by atoms with E-state index >= 15 is 0 Å². The molecule has 0 spiro atoms. The Morgan fingerprint density at radius 3 is 1.95 bits per heavy atom. The van der Waals surface area contributed by atoms with Crippen LogP contribution in [0.4, 0.5) is 0 Å². The monoisotopic (exact) mass is 308 g/mol. The van der Waals surface area contributed by atoms with Gasteiger partial charge < -0.3 is 0 Å². The van der Waals surface area contributed by atoms with E-state index in [0.717, 1.165) is 0 Å². The van der Waals surface area contributed by atoms with E-state index in [1.165, 1.54) is 89.6 Å². The Balaban J connectivity index is 1.88. The zero-order chi connectivity index (χ0) is 14.9. The van der Waals surface area contributed by atoms with Crippen LogP contribution in [0.1, 0.15) is 58.3 Å². The number of hydrogen-bond donors (Lipinski definition) is 0. The molecule has 0 aromatic heterocycles. The van der Waals surface area contributed by atoms with Crippen molar-refractivity contribution >= 4 is 9.52 Å². The molecule has 2 aliphatic rings. The van der Waals surface area contributed by atoms with E-state index in [4.69, 9.17) is 0 Å². The first kappa shape index (κ1) is 17.2. The highest BCUT2D eigenvalue weighted by atomic mass is 28.2. The smallest absolute Gasteiger partial charge is 0.0660 e. The van der Waals surface area contributed by atoms with Crippen LogP contribution in [0.25, 0.3) is 0 Å². The molecule has 0 amide bonds. The molecule has 0 radical (unpaired) electrons. The predicted octanol–water partition coefficient (Wildman–Crippen LogP) is 3.65. The Hall–Kier alpha value is -0.123. The second kappa shape index (κ2) is 9.81. The Bertz CT molecular complexity index is 276. The Morgan fingerprint density at radius 1 is 0.952 bits per heavy atom. The number of hydrogen-bond acceptors (Lipinski definition) is 2. The summed E-state index contributed by atoms with van der Waals surface area (Å²) in [4.78, 5) is 5.56. The summed E-state index contributed by atoms with van der Waals surface area (Å²) in [5.74, 6) is 0. The van der Waals surface area contributed by atoms with Crippen LogP contribution in [0, 0.1) is 0 Å². The Kier molecular flexibility index (Phi) is 8.05. The summed E-state index contributed by atoms with van der Waals surface area (Å²) in [6.07, 6.45) is 11.8. The Labute approximate surface area is 134 Å². The molecule has 3 heteroatoms. The molecule has 21 heavy (non-hydrogen) atoms. The molecule has 2 nitrogen and oxygen atoms in total. The summed E-state index contributed by atoms with van der Waals surface area (Å²) in [7, 11) is 0.128. The summed E-state index contributed by atoms with van der Waals surface area (Å²) in [5, 5.41) is 0. The van der Waals surface area contributed by atoms with E-state index in [-0.39, 0.29) is 9.52 Å². The molecule has 2 fully saturated rings. The average Bonchev–Trinajstić information content (AvgIpc) is 2.54. The van der Waals surface area contributed by atoms with Gasteiger partial charge >= 0.3 is 0 Å². The van der Waals surface area contributed by atoms with Crippen molar-refractivity contribution < 1.29 is 0 Å². The number of likely N-dealkylation sites (tertiary alicyclic amines) is 2. The van der Waals surface area contributed by atoms with Gasteiger partial charge in [-0.15, -0.1) is 6.58 Å². The average molecular weight is 309 g/mol. The molecule has 0 aromatic rings. The van der Waals surface area contributed by atoms with Crippen molar-refractivity contribution in [2.75, 3.05) is 26.2 Å². The van der Waals surface area contributed by atoms with Crippen LogP contribution in [-0.2, 0) is 0 Å². The highest BCUT2D eigenvalue weighted by molar-refractivity contribution is 6.36. The van der Waals surface area contributed by atoms with Gasteiger partial charge in [-0.3, -0.25) is 9.80 Å². The maximum atomic E-state index is 4.44. The van der Waals surface area contributed by atoms with E-state index in [1.807, 2.05) is 0 Å². The fourth-order valence-electron chi connectivity index (χ4n) is 3.91. The molecular formula is C18H36N2Si. The summed E-state index contributed by atoms with van der Waals surface area (Å²) in [6, 6.07) is 2.88. The zero-order valence-corrected chi connectivity index (χ0v) is 15.7. The van der Waals surface area contributed by atoms with Crippen molar-refractivity contribution in [3.63, 3.8) is 0 Å². The third-order valence-electron chi connectivity index (χ3n) is 5.23. The van der Waals surface area contributed by atoms with Crippen molar-refractivity contribution in [1.82, 2.24) is 9.80 Å². The van der Waals surface area contributed by atoms with Crippen LogP contribution in [0.3, 0.4) is 0 Å². The predicted molar refractivity (Wildman–Crippen MR) is 96.8 cm³/mol. The third kappa shape index (κ3) is 5.88. The maximum Gasteiger partial charge on any atom is 0.0660 e. The minimum atomic E-state index is 0.128. The van der Waals surface area contributed by atoms with Gasteiger partial charge in [-0.05, 0) is 64.3 Å². The first-order valence-corrected chi connectivity index (χ1v) is 11.5. The van der Waals surface area contributed by atoms with Crippen LogP contribution in [0.2, 0.25) is 12.1 Å². The number of piperidine rings is 2. The summed E-state index contributed by atoms with van der Waals surface area (Å²) in [6.45, 7) is 12.0. The van der Waals surface area contributed by atoms with Crippen molar-refractivity contribution in [2.45, 2.75) is 76.5 Å². The Morgan fingerprint density at radius 2 is 1.48 bits per heavy atom. The van der Waals surface area contributed by atoms with Crippen LogP contribution < -0.4 is 0 Å². The van der Waals surface area contributed by atoms with Gasteiger partial charge in [-0.25, -0.2) is 0 Å². The molecule has 2 aliphatic heterocycles. The molecule has 0 aliphatic carbocycles. The lowest BCUT2D eigenvalue weighted by molar-refractivity contribution is 0.0175. The molecule has 2 heterocycles. The normalized spacial score (nSPS) is 22.4. The highest BCUT2D eigenvalue weighted by Gasteiger charge is 2.27. The molecule has 2 saturated heterocycles. The quantitative estimate of drug-likeness (QED) is 0.384. The highest BCUT2D eigenvalue weighted by Crippen LogP contribution is 2.24. The van der Waals surface area contributed by atoms with E-state index < -0.39 is 0 Å². The largest absolute Gasteiger partial charge is 0.288 e. The number of nitrogens with zero attached hydrogens (tertiary/aromatic N) is 2. The van der Waals surface area contributed by atoms with Crippen LogP contribution in [0.15, 0.2) is 12.2 Å². The second-order valence-corrected chi connectivity index (χ2v) is 9.00.